The van der Waals surface area contributed by atoms with Crippen LogP contribution in [-0.2, 0) is 4.79 Å². The van der Waals surface area contributed by atoms with Crippen LogP contribution in [0.5, 0.6) is 0 Å². The number of hydrogen-bond donors (Lipinski definition) is 1. The molecule has 1 aromatic carbocycles. The summed E-state index contributed by atoms with van der Waals surface area (Å²) < 4.78 is 0.750. The number of rotatable bonds is 4. The summed E-state index contributed by atoms with van der Waals surface area (Å²) in [6.45, 7) is 1.79. The number of carbonyl (C=O) groups is 1. The molecular weight excluding hydrogens is 325 g/mol. The number of nitrogens with zero attached hydrogens (tertiary/aromatic N) is 2. The first kappa shape index (κ1) is 14.6. The Bertz CT molecular complexity index is 577. The second kappa shape index (κ2) is 6.56. The lowest BCUT2D eigenvalue weighted by Crippen LogP contribution is -2.22. The number of nitrogens with one attached hydrogen (secondary N) is 1. The van der Waals surface area contributed by atoms with Crippen LogP contribution in [0, 0.1) is 0 Å². The number of anilines is 1. The van der Waals surface area contributed by atoms with E-state index in [4.69, 9.17) is 23.2 Å². The molecule has 0 bridgehead atoms. The number of halogens is 2. The maximum Gasteiger partial charge on any atom is 0.237 e. The largest absolute Gasteiger partial charge is 0.324 e. The summed E-state index contributed by atoms with van der Waals surface area (Å²) in [5.41, 5.74) is 2.13. The zero-order chi connectivity index (χ0) is 13.8. The highest BCUT2D eigenvalue weighted by atomic mass is 35.5. The normalized spacial score (nSPS) is 12.2. The molecule has 1 atom stereocenters. The number of carbonyl (C=O) groups excluding carboxylic acids is 1. The fourth-order valence-corrected chi connectivity index (χ4v) is 3.21. The van der Waals surface area contributed by atoms with Crippen molar-refractivity contribution in [1.29, 1.82) is 0 Å². The Morgan fingerprint density at radius 3 is 2.95 bits per heavy atom. The van der Waals surface area contributed by atoms with E-state index in [1.807, 2.05) is 0 Å². The average molecular weight is 334 g/mol. The zero-order valence-electron chi connectivity index (χ0n) is 9.76. The molecule has 1 unspecified atom stereocenters. The summed E-state index contributed by atoms with van der Waals surface area (Å²) in [5.74, 6) is -0.163. The van der Waals surface area contributed by atoms with Gasteiger partial charge < -0.3 is 5.32 Å². The summed E-state index contributed by atoms with van der Waals surface area (Å²) >= 11 is 14.6. The van der Waals surface area contributed by atoms with Gasteiger partial charge in [0, 0.05) is 5.02 Å². The average Bonchev–Trinajstić information content (AvgIpc) is 2.86. The van der Waals surface area contributed by atoms with Gasteiger partial charge in [0.15, 0.2) is 4.34 Å². The molecule has 4 nitrogen and oxygen atoms in total. The van der Waals surface area contributed by atoms with Crippen molar-refractivity contribution in [2.24, 2.45) is 0 Å². The Balaban J connectivity index is 2.02. The second-order valence-corrected chi connectivity index (χ2v) is 6.84. The van der Waals surface area contributed by atoms with E-state index in [2.05, 4.69) is 15.5 Å². The van der Waals surface area contributed by atoms with Gasteiger partial charge in [-0.1, -0.05) is 46.3 Å². The highest BCUT2D eigenvalue weighted by Crippen LogP contribution is 2.28. The Morgan fingerprint density at radius 2 is 2.26 bits per heavy atom. The monoisotopic (exact) mass is 333 g/mol. The third-order valence-corrected chi connectivity index (χ3v) is 4.65. The van der Waals surface area contributed by atoms with Gasteiger partial charge in [-0.15, -0.1) is 10.2 Å². The minimum Gasteiger partial charge on any atom is -0.324 e. The molecule has 1 N–H and O–H groups in total. The predicted molar refractivity (Wildman–Crippen MR) is 80.3 cm³/mol. The van der Waals surface area contributed by atoms with Crippen molar-refractivity contribution >= 4 is 57.9 Å². The Hall–Kier alpha value is -0.820. The van der Waals surface area contributed by atoms with Gasteiger partial charge >= 0.3 is 0 Å². The number of amides is 1. The standard InChI is InChI=1S/C11H9Cl2N3OS2/c1-6(19-11-16-14-5-18-11)10(17)15-9-4-7(12)2-3-8(9)13/h2-6H,1H3,(H,15,17). The third-order valence-electron chi connectivity index (χ3n) is 2.17. The van der Waals surface area contributed by atoms with Crippen LogP contribution in [-0.4, -0.2) is 21.4 Å². The molecule has 2 aromatic rings. The van der Waals surface area contributed by atoms with E-state index >= 15 is 0 Å². The van der Waals surface area contributed by atoms with E-state index in [1.165, 1.54) is 23.1 Å². The molecule has 1 amide bonds. The van der Waals surface area contributed by atoms with Crippen LogP contribution in [0.3, 0.4) is 0 Å². The maximum absolute atomic E-state index is 12.0. The van der Waals surface area contributed by atoms with Gasteiger partial charge in [0.25, 0.3) is 0 Å². The summed E-state index contributed by atoms with van der Waals surface area (Å²) in [6.07, 6.45) is 0. The first-order chi connectivity index (χ1) is 9.06. The quantitative estimate of drug-likeness (QED) is 0.860. The topological polar surface area (TPSA) is 54.9 Å². The lowest BCUT2D eigenvalue weighted by molar-refractivity contribution is -0.115. The lowest BCUT2D eigenvalue weighted by atomic mass is 10.3. The number of thioether (sulfide) groups is 1. The zero-order valence-corrected chi connectivity index (χ0v) is 12.9. The van der Waals surface area contributed by atoms with E-state index in [-0.39, 0.29) is 11.2 Å². The number of hydrogen-bond acceptors (Lipinski definition) is 5. The molecule has 2 rings (SSSR count). The Labute approximate surface area is 128 Å². The molecule has 0 saturated carbocycles. The minimum atomic E-state index is -0.303. The highest BCUT2D eigenvalue weighted by molar-refractivity contribution is 8.02. The summed E-state index contributed by atoms with van der Waals surface area (Å²) in [6, 6.07) is 4.92. The van der Waals surface area contributed by atoms with E-state index in [1.54, 1.807) is 30.6 Å². The third kappa shape index (κ3) is 4.07. The van der Waals surface area contributed by atoms with Gasteiger partial charge in [0.1, 0.15) is 5.51 Å². The van der Waals surface area contributed by atoms with Crippen molar-refractivity contribution < 1.29 is 4.79 Å². The van der Waals surface area contributed by atoms with Crippen LogP contribution in [0.1, 0.15) is 6.92 Å². The van der Waals surface area contributed by atoms with E-state index in [0.29, 0.717) is 15.7 Å². The van der Waals surface area contributed by atoms with Crippen molar-refractivity contribution in [3.05, 3.63) is 33.8 Å². The Morgan fingerprint density at radius 1 is 1.47 bits per heavy atom. The van der Waals surface area contributed by atoms with Crippen molar-refractivity contribution in [3.8, 4) is 0 Å². The van der Waals surface area contributed by atoms with Crippen molar-refractivity contribution in [3.63, 3.8) is 0 Å². The van der Waals surface area contributed by atoms with Crippen LogP contribution < -0.4 is 5.32 Å². The van der Waals surface area contributed by atoms with E-state index in [9.17, 15) is 4.79 Å². The van der Waals surface area contributed by atoms with Crippen LogP contribution in [0.15, 0.2) is 28.0 Å². The van der Waals surface area contributed by atoms with Gasteiger partial charge in [-0.25, -0.2) is 0 Å². The molecule has 0 aliphatic rings. The van der Waals surface area contributed by atoms with Crippen molar-refractivity contribution in [1.82, 2.24) is 10.2 Å². The molecule has 0 fully saturated rings. The predicted octanol–water partition coefficient (Wildman–Crippen LogP) is 3.96. The molecule has 0 aliphatic heterocycles. The molecule has 0 radical (unpaired) electrons. The molecule has 1 heterocycles. The molecule has 0 saturated heterocycles. The Kier molecular flexibility index (Phi) is 5.04. The summed E-state index contributed by atoms with van der Waals surface area (Å²) in [7, 11) is 0. The fourth-order valence-electron chi connectivity index (χ4n) is 1.25. The molecule has 0 aliphatic carbocycles. The summed E-state index contributed by atoms with van der Waals surface area (Å²) in [5, 5.41) is 11.0. The van der Waals surface area contributed by atoms with Gasteiger partial charge in [0.05, 0.1) is 16.0 Å². The van der Waals surface area contributed by atoms with E-state index < -0.39 is 0 Å². The molecule has 100 valence electrons. The molecular formula is C11H9Cl2N3OS2. The van der Waals surface area contributed by atoms with Crippen LogP contribution in [0.25, 0.3) is 0 Å². The lowest BCUT2D eigenvalue weighted by Gasteiger charge is -2.11. The second-order valence-electron chi connectivity index (χ2n) is 3.58. The number of aromatic nitrogens is 2. The molecule has 0 spiro atoms. The smallest absolute Gasteiger partial charge is 0.237 e. The van der Waals surface area contributed by atoms with Crippen LogP contribution in [0.2, 0.25) is 10.0 Å². The summed E-state index contributed by atoms with van der Waals surface area (Å²) in [4.78, 5) is 12.0. The van der Waals surface area contributed by atoms with Gasteiger partial charge in [-0.2, -0.15) is 0 Å². The highest BCUT2D eigenvalue weighted by Gasteiger charge is 2.17. The first-order valence-corrected chi connectivity index (χ1v) is 7.76. The maximum atomic E-state index is 12.0. The van der Waals surface area contributed by atoms with E-state index in [0.717, 1.165) is 4.34 Å². The van der Waals surface area contributed by atoms with Gasteiger partial charge in [-0.05, 0) is 25.1 Å². The van der Waals surface area contributed by atoms with Crippen LogP contribution >= 0.6 is 46.3 Å². The first-order valence-electron chi connectivity index (χ1n) is 5.25. The fraction of sp³-hybridized carbons (Fsp3) is 0.182. The van der Waals surface area contributed by atoms with Crippen LogP contribution in [0.4, 0.5) is 5.69 Å². The van der Waals surface area contributed by atoms with Gasteiger partial charge in [0.2, 0.25) is 5.91 Å². The molecule has 1 aromatic heterocycles. The molecule has 19 heavy (non-hydrogen) atoms. The SMILES string of the molecule is CC(Sc1nncs1)C(=O)Nc1cc(Cl)ccc1Cl. The minimum absolute atomic E-state index is 0.163. The van der Waals surface area contributed by atoms with Gasteiger partial charge in [-0.3, -0.25) is 4.79 Å². The van der Waals surface area contributed by atoms with Crippen molar-refractivity contribution in [2.75, 3.05) is 5.32 Å². The molecule has 8 heteroatoms. The number of benzene rings is 1. The van der Waals surface area contributed by atoms with Crippen molar-refractivity contribution in [2.45, 2.75) is 16.5 Å².